The Morgan fingerprint density at radius 3 is 2.04 bits per heavy atom. The highest BCUT2D eigenvalue weighted by Gasteiger charge is 2.06. The van der Waals surface area contributed by atoms with Crippen molar-refractivity contribution in [2.75, 3.05) is 16.0 Å². The molecule has 27 heavy (non-hydrogen) atoms. The van der Waals surface area contributed by atoms with E-state index in [1.165, 1.54) is 31.2 Å². The maximum atomic E-state index is 12.9. The molecule has 0 saturated carbocycles. The smallest absolute Gasteiger partial charge is 0.255 e. The van der Waals surface area contributed by atoms with Gasteiger partial charge in [0.15, 0.2) is 0 Å². The lowest BCUT2D eigenvalue weighted by Gasteiger charge is -2.10. The van der Waals surface area contributed by atoms with Crippen LogP contribution in [-0.2, 0) is 4.79 Å². The van der Waals surface area contributed by atoms with Gasteiger partial charge in [-0.25, -0.2) is 4.39 Å². The zero-order valence-corrected chi connectivity index (χ0v) is 14.6. The van der Waals surface area contributed by atoms with E-state index < -0.39 is 0 Å². The van der Waals surface area contributed by atoms with Gasteiger partial charge in [0.1, 0.15) is 5.82 Å². The van der Waals surface area contributed by atoms with Crippen LogP contribution in [0.2, 0.25) is 0 Å². The topological polar surface area (TPSA) is 70.2 Å². The highest BCUT2D eigenvalue weighted by molar-refractivity contribution is 6.04. The predicted molar refractivity (Wildman–Crippen MR) is 105 cm³/mol. The van der Waals surface area contributed by atoms with E-state index in [1.807, 2.05) is 30.3 Å². The lowest BCUT2D eigenvalue weighted by Crippen LogP contribution is -2.11. The summed E-state index contributed by atoms with van der Waals surface area (Å²) < 4.78 is 12.9. The van der Waals surface area contributed by atoms with Gasteiger partial charge >= 0.3 is 0 Å². The minimum atomic E-state index is -0.385. The Morgan fingerprint density at radius 2 is 1.37 bits per heavy atom. The summed E-state index contributed by atoms with van der Waals surface area (Å²) in [5, 5.41) is 8.72. The number of carbonyl (C=O) groups excluding carboxylic acids is 2. The Kier molecular flexibility index (Phi) is 5.47. The Morgan fingerprint density at radius 1 is 0.741 bits per heavy atom. The molecule has 0 spiro atoms. The Hall–Kier alpha value is -3.67. The lowest BCUT2D eigenvalue weighted by atomic mass is 10.2. The summed E-state index contributed by atoms with van der Waals surface area (Å²) in [4.78, 5) is 23.3. The Labute approximate surface area is 156 Å². The average molecular weight is 363 g/mol. The fourth-order valence-corrected chi connectivity index (χ4v) is 2.49. The van der Waals surface area contributed by atoms with Crippen LogP contribution in [0.3, 0.4) is 0 Å². The van der Waals surface area contributed by atoms with Crippen molar-refractivity contribution in [3.8, 4) is 0 Å². The highest BCUT2D eigenvalue weighted by Crippen LogP contribution is 2.22. The van der Waals surface area contributed by atoms with Gasteiger partial charge in [0.2, 0.25) is 5.91 Å². The number of carbonyl (C=O) groups is 2. The SMILES string of the molecule is CC(=O)Nc1cccc(Nc2ccc(NC(=O)c3ccc(F)cc3)cc2)c1. The second kappa shape index (κ2) is 8.14. The minimum absolute atomic E-state index is 0.131. The molecule has 2 amide bonds. The number of halogens is 1. The third-order valence-corrected chi connectivity index (χ3v) is 3.72. The van der Waals surface area contributed by atoms with E-state index in [9.17, 15) is 14.0 Å². The summed E-state index contributed by atoms with van der Waals surface area (Å²) in [6.07, 6.45) is 0. The van der Waals surface area contributed by atoms with Crippen molar-refractivity contribution < 1.29 is 14.0 Å². The van der Waals surface area contributed by atoms with E-state index in [-0.39, 0.29) is 17.6 Å². The maximum Gasteiger partial charge on any atom is 0.255 e. The van der Waals surface area contributed by atoms with Gasteiger partial charge in [-0.1, -0.05) is 6.07 Å². The molecule has 0 aliphatic carbocycles. The van der Waals surface area contributed by atoms with Gasteiger partial charge in [-0.3, -0.25) is 9.59 Å². The Balaban J connectivity index is 1.64. The van der Waals surface area contributed by atoms with Gasteiger partial charge < -0.3 is 16.0 Å². The summed E-state index contributed by atoms with van der Waals surface area (Å²) in [7, 11) is 0. The molecule has 0 aliphatic rings. The van der Waals surface area contributed by atoms with Crippen molar-refractivity contribution in [1.82, 2.24) is 0 Å². The largest absolute Gasteiger partial charge is 0.355 e. The first kappa shape index (κ1) is 18.1. The molecule has 0 aliphatic heterocycles. The van der Waals surface area contributed by atoms with Crippen LogP contribution in [0.25, 0.3) is 0 Å². The van der Waals surface area contributed by atoms with Gasteiger partial charge in [0, 0.05) is 35.2 Å². The fourth-order valence-electron chi connectivity index (χ4n) is 2.49. The summed E-state index contributed by atoms with van der Waals surface area (Å²) in [6, 6.07) is 19.9. The monoisotopic (exact) mass is 363 g/mol. The average Bonchev–Trinajstić information content (AvgIpc) is 2.63. The predicted octanol–water partition coefficient (Wildman–Crippen LogP) is 4.78. The molecule has 0 saturated heterocycles. The number of benzene rings is 3. The summed E-state index contributed by atoms with van der Waals surface area (Å²) >= 11 is 0. The molecule has 3 N–H and O–H groups in total. The molecular weight excluding hydrogens is 345 g/mol. The van der Waals surface area contributed by atoms with Gasteiger partial charge in [-0.15, -0.1) is 0 Å². The summed E-state index contributed by atoms with van der Waals surface area (Å²) in [5.41, 5.74) is 3.37. The number of amides is 2. The van der Waals surface area contributed by atoms with Crippen LogP contribution in [0.4, 0.5) is 27.1 Å². The highest BCUT2D eigenvalue weighted by atomic mass is 19.1. The number of anilines is 4. The second-order valence-corrected chi connectivity index (χ2v) is 5.93. The van der Waals surface area contributed by atoms with Crippen LogP contribution in [0, 0.1) is 5.82 Å². The molecule has 0 bridgehead atoms. The van der Waals surface area contributed by atoms with Gasteiger partial charge in [0.05, 0.1) is 0 Å². The second-order valence-electron chi connectivity index (χ2n) is 5.93. The van der Waals surface area contributed by atoms with Crippen molar-refractivity contribution >= 4 is 34.6 Å². The molecule has 3 rings (SSSR count). The van der Waals surface area contributed by atoms with Crippen LogP contribution < -0.4 is 16.0 Å². The molecule has 0 heterocycles. The molecule has 0 unspecified atom stereocenters. The van der Waals surface area contributed by atoms with Crippen LogP contribution in [0.1, 0.15) is 17.3 Å². The molecule has 3 aromatic carbocycles. The van der Waals surface area contributed by atoms with Crippen molar-refractivity contribution in [3.63, 3.8) is 0 Å². The van der Waals surface area contributed by atoms with Crippen LogP contribution in [-0.4, -0.2) is 11.8 Å². The third-order valence-electron chi connectivity index (χ3n) is 3.72. The summed E-state index contributed by atoms with van der Waals surface area (Å²) in [6.45, 7) is 1.46. The number of nitrogens with one attached hydrogen (secondary N) is 3. The first-order chi connectivity index (χ1) is 13.0. The van der Waals surface area contributed by atoms with Crippen LogP contribution >= 0.6 is 0 Å². The number of hydrogen-bond acceptors (Lipinski definition) is 3. The van der Waals surface area contributed by atoms with Crippen molar-refractivity contribution in [2.24, 2.45) is 0 Å². The maximum absolute atomic E-state index is 12.9. The standard InChI is InChI=1S/C21H18FN3O2/c1-14(26)23-19-3-2-4-20(13-19)24-17-9-11-18(12-10-17)25-21(27)15-5-7-16(22)8-6-15/h2-13,24H,1H3,(H,23,26)(H,25,27). The molecule has 5 nitrogen and oxygen atoms in total. The normalized spacial score (nSPS) is 10.1. The van der Waals surface area contributed by atoms with E-state index in [2.05, 4.69) is 16.0 Å². The third kappa shape index (κ3) is 5.15. The van der Waals surface area contributed by atoms with Crippen molar-refractivity contribution in [1.29, 1.82) is 0 Å². The molecule has 136 valence electrons. The van der Waals surface area contributed by atoms with Crippen molar-refractivity contribution in [2.45, 2.75) is 6.92 Å². The molecule has 6 heteroatoms. The number of rotatable bonds is 5. The lowest BCUT2D eigenvalue weighted by molar-refractivity contribution is -0.114. The van der Waals surface area contributed by atoms with E-state index >= 15 is 0 Å². The van der Waals surface area contributed by atoms with Gasteiger partial charge in [-0.2, -0.15) is 0 Å². The first-order valence-electron chi connectivity index (χ1n) is 8.31. The molecular formula is C21H18FN3O2. The fraction of sp³-hybridized carbons (Fsp3) is 0.0476. The minimum Gasteiger partial charge on any atom is -0.355 e. The van der Waals surface area contributed by atoms with E-state index in [0.29, 0.717) is 16.9 Å². The van der Waals surface area contributed by atoms with E-state index in [0.717, 1.165) is 11.4 Å². The van der Waals surface area contributed by atoms with E-state index in [4.69, 9.17) is 0 Å². The summed E-state index contributed by atoms with van der Waals surface area (Å²) in [5.74, 6) is -0.823. The first-order valence-corrected chi connectivity index (χ1v) is 8.31. The van der Waals surface area contributed by atoms with Gasteiger partial charge in [-0.05, 0) is 66.7 Å². The van der Waals surface area contributed by atoms with Gasteiger partial charge in [0.25, 0.3) is 5.91 Å². The van der Waals surface area contributed by atoms with E-state index in [1.54, 1.807) is 18.2 Å². The zero-order chi connectivity index (χ0) is 19.2. The van der Waals surface area contributed by atoms with Crippen molar-refractivity contribution in [3.05, 3.63) is 84.2 Å². The quantitative estimate of drug-likeness (QED) is 0.611. The van der Waals surface area contributed by atoms with Crippen LogP contribution in [0.5, 0.6) is 0 Å². The molecule has 0 radical (unpaired) electrons. The molecule has 3 aromatic rings. The van der Waals surface area contributed by atoms with Crippen LogP contribution in [0.15, 0.2) is 72.8 Å². The number of hydrogen-bond donors (Lipinski definition) is 3. The molecule has 0 fully saturated rings. The molecule has 0 aromatic heterocycles. The zero-order valence-electron chi connectivity index (χ0n) is 14.6. The molecule has 0 atom stereocenters. The Bertz CT molecular complexity index is 954.